The fraction of sp³-hybridized carbons (Fsp3) is 0.231. The number of rotatable bonds is 4. The number of nitrogen functional groups attached to an aromatic ring is 1. The van der Waals surface area contributed by atoms with Gasteiger partial charge in [0.05, 0.1) is 6.20 Å². The number of nitrogens with two attached hydrogens (primary N) is 1. The van der Waals surface area contributed by atoms with Gasteiger partial charge in [0.1, 0.15) is 5.02 Å². The first-order valence-corrected chi connectivity index (χ1v) is 6.37. The van der Waals surface area contributed by atoms with Crippen LogP contribution >= 0.6 is 11.6 Å². The molecule has 1 aromatic carbocycles. The molecule has 0 fully saturated rings. The summed E-state index contributed by atoms with van der Waals surface area (Å²) in [7, 11) is 0. The number of hydrazine groups is 1. The van der Waals surface area contributed by atoms with Crippen molar-refractivity contribution in [2.24, 2.45) is 5.84 Å². The molecule has 0 radical (unpaired) electrons. The van der Waals surface area contributed by atoms with Crippen LogP contribution in [-0.2, 0) is 0 Å². The number of nitrogens with one attached hydrogen (secondary N) is 1. The highest BCUT2D eigenvalue weighted by atomic mass is 35.5. The van der Waals surface area contributed by atoms with Crippen LogP contribution in [0.2, 0.25) is 5.02 Å². The topological polar surface area (TPSA) is 67.1 Å². The van der Waals surface area contributed by atoms with Gasteiger partial charge in [0.2, 0.25) is 5.95 Å². The number of halogens is 1. The molecule has 1 heterocycles. The van der Waals surface area contributed by atoms with E-state index >= 15 is 0 Å². The molecule has 100 valence electrons. The number of hydrogen-bond acceptors (Lipinski definition) is 5. The molecule has 0 amide bonds. The van der Waals surface area contributed by atoms with Crippen LogP contribution in [0.5, 0.6) is 0 Å². The van der Waals surface area contributed by atoms with E-state index in [-0.39, 0.29) is 0 Å². The Bertz CT molecular complexity index is 555. The number of hydrogen-bond donors (Lipinski definition) is 2. The largest absolute Gasteiger partial charge is 0.325 e. The van der Waals surface area contributed by atoms with Crippen LogP contribution in [0, 0.1) is 6.92 Å². The molecular formula is C13H16ClN5. The van der Waals surface area contributed by atoms with Gasteiger partial charge in [-0.15, -0.1) is 0 Å². The Kier molecular flexibility index (Phi) is 4.19. The summed E-state index contributed by atoms with van der Waals surface area (Å²) in [5.74, 6) is 6.31. The first-order chi connectivity index (χ1) is 9.15. The zero-order valence-corrected chi connectivity index (χ0v) is 11.6. The van der Waals surface area contributed by atoms with Crippen molar-refractivity contribution in [2.75, 3.05) is 16.9 Å². The SMILES string of the molecule is CCN(c1ccc(C)cc1)c1nc(NN)ncc1Cl. The van der Waals surface area contributed by atoms with Gasteiger partial charge in [0.25, 0.3) is 0 Å². The van der Waals surface area contributed by atoms with Crippen LogP contribution in [0.1, 0.15) is 12.5 Å². The number of anilines is 3. The molecule has 19 heavy (non-hydrogen) atoms. The number of aryl methyl sites for hydroxylation is 1. The summed E-state index contributed by atoms with van der Waals surface area (Å²) < 4.78 is 0. The van der Waals surface area contributed by atoms with Crippen molar-refractivity contribution in [1.29, 1.82) is 0 Å². The maximum absolute atomic E-state index is 6.17. The average Bonchev–Trinajstić information content (AvgIpc) is 2.43. The predicted molar refractivity (Wildman–Crippen MR) is 78.7 cm³/mol. The smallest absolute Gasteiger partial charge is 0.239 e. The van der Waals surface area contributed by atoms with Crippen molar-refractivity contribution in [3.63, 3.8) is 0 Å². The third-order valence-electron chi connectivity index (χ3n) is 2.77. The quantitative estimate of drug-likeness (QED) is 0.664. The minimum atomic E-state index is 0.338. The summed E-state index contributed by atoms with van der Waals surface area (Å²) in [6.45, 7) is 4.83. The zero-order chi connectivity index (χ0) is 13.8. The van der Waals surface area contributed by atoms with Crippen molar-refractivity contribution in [3.8, 4) is 0 Å². The molecule has 0 saturated carbocycles. The van der Waals surface area contributed by atoms with Crippen molar-refractivity contribution in [1.82, 2.24) is 9.97 Å². The van der Waals surface area contributed by atoms with Crippen LogP contribution in [0.4, 0.5) is 17.5 Å². The van der Waals surface area contributed by atoms with Gasteiger partial charge in [-0.2, -0.15) is 4.98 Å². The van der Waals surface area contributed by atoms with Gasteiger partial charge >= 0.3 is 0 Å². The third kappa shape index (κ3) is 2.94. The van der Waals surface area contributed by atoms with Crippen molar-refractivity contribution < 1.29 is 0 Å². The summed E-state index contributed by atoms with van der Waals surface area (Å²) in [6, 6.07) is 8.17. The molecular weight excluding hydrogens is 262 g/mol. The maximum Gasteiger partial charge on any atom is 0.239 e. The van der Waals surface area contributed by atoms with Crippen LogP contribution in [0.15, 0.2) is 30.5 Å². The molecule has 2 rings (SSSR count). The fourth-order valence-corrected chi connectivity index (χ4v) is 1.99. The highest BCUT2D eigenvalue weighted by Crippen LogP contribution is 2.30. The van der Waals surface area contributed by atoms with E-state index in [0.29, 0.717) is 16.8 Å². The third-order valence-corrected chi connectivity index (χ3v) is 3.04. The second-order valence-corrected chi connectivity index (χ2v) is 4.50. The van der Waals surface area contributed by atoms with Crippen molar-refractivity contribution >= 4 is 29.1 Å². The van der Waals surface area contributed by atoms with Gasteiger partial charge in [0.15, 0.2) is 5.82 Å². The van der Waals surface area contributed by atoms with E-state index < -0.39 is 0 Å². The molecule has 0 saturated heterocycles. The summed E-state index contributed by atoms with van der Waals surface area (Å²) in [5.41, 5.74) is 4.66. The van der Waals surface area contributed by atoms with Gasteiger partial charge in [-0.05, 0) is 26.0 Å². The van der Waals surface area contributed by atoms with Gasteiger partial charge in [-0.3, -0.25) is 5.43 Å². The Hall–Kier alpha value is -1.85. The highest BCUT2D eigenvalue weighted by molar-refractivity contribution is 6.33. The standard InChI is InChI=1S/C13H16ClN5/c1-3-19(10-6-4-9(2)5-7-10)12-11(14)8-16-13(17-12)18-15/h4-8H,3,15H2,1-2H3,(H,16,17,18). The van der Waals surface area contributed by atoms with E-state index in [1.165, 1.54) is 11.8 Å². The van der Waals surface area contributed by atoms with Gasteiger partial charge in [-0.1, -0.05) is 29.3 Å². The molecule has 6 heteroatoms. The molecule has 0 aliphatic heterocycles. The Labute approximate surface area is 117 Å². The van der Waals surface area contributed by atoms with E-state index in [4.69, 9.17) is 17.4 Å². The van der Waals surface area contributed by atoms with E-state index in [2.05, 4.69) is 27.5 Å². The van der Waals surface area contributed by atoms with Crippen LogP contribution < -0.4 is 16.2 Å². The summed E-state index contributed by atoms with van der Waals surface area (Å²) in [5, 5.41) is 0.487. The van der Waals surface area contributed by atoms with E-state index in [9.17, 15) is 0 Å². The highest BCUT2D eigenvalue weighted by Gasteiger charge is 2.14. The fourth-order valence-electron chi connectivity index (χ4n) is 1.80. The molecule has 0 spiro atoms. The normalized spacial score (nSPS) is 10.3. The van der Waals surface area contributed by atoms with Gasteiger partial charge < -0.3 is 4.90 Å². The molecule has 0 unspecified atom stereocenters. The first-order valence-electron chi connectivity index (χ1n) is 5.99. The molecule has 2 aromatic rings. The zero-order valence-electron chi connectivity index (χ0n) is 10.9. The Morgan fingerprint density at radius 2 is 2.00 bits per heavy atom. The lowest BCUT2D eigenvalue weighted by molar-refractivity contribution is 0.973. The lowest BCUT2D eigenvalue weighted by atomic mass is 10.2. The molecule has 0 bridgehead atoms. The average molecular weight is 278 g/mol. The Balaban J connectivity index is 2.44. The predicted octanol–water partition coefficient (Wildman–Crippen LogP) is 2.88. The lowest BCUT2D eigenvalue weighted by Crippen LogP contribution is -2.19. The first kappa shape index (κ1) is 13.6. The molecule has 0 aliphatic rings. The Morgan fingerprint density at radius 3 is 2.58 bits per heavy atom. The van der Waals surface area contributed by atoms with E-state index in [0.717, 1.165) is 12.2 Å². The second-order valence-electron chi connectivity index (χ2n) is 4.09. The molecule has 3 N–H and O–H groups in total. The number of aromatic nitrogens is 2. The second kappa shape index (κ2) is 5.86. The summed E-state index contributed by atoms with van der Waals surface area (Å²) >= 11 is 6.17. The summed E-state index contributed by atoms with van der Waals surface area (Å²) in [6.07, 6.45) is 1.54. The number of benzene rings is 1. The van der Waals surface area contributed by atoms with Gasteiger partial charge in [0, 0.05) is 12.2 Å². The van der Waals surface area contributed by atoms with Gasteiger partial charge in [-0.25, -0.2) is 10.8 Å². The Morgan fingerprint density at radius 1 is 1.32 bits per heavy atom. The monoisotopic (exact) mass is 277 g/mol. The minimum Gasteiger partial charge on any atom is -0.325 e. The molecule has 0 atom stereocenters. The van der Waals surface area contributed by atoms with Crippen LogP contribution in [0.3, 0.4) is 0 Å². The molecule has 0 aliphatic carbocycles. The number of nitrogens with zero attached hydrogens (tertiary/aromatic N) is 3. The summed E-state index contributed by atoms with van der Waals surface area (Å²) in [4.78, 5) is 10.3. The molecule has 1 aromatic heterocycles. The maximum atomic E-state index is 6.17. The minimum absolute atomic E-state index is 0.338. The van der Waals surface area contributed by atoms with Crippen LogP contribution in [-0.4, -0.2) is 16.5 Å². The van der Waals surface area contributed by atoms with E-state index in [1.54, 1.807) is 0 Å². The lowest BCUT2D eigenvalue weighted by Gasteiger charge is -2.23. The van der Waals surface area contributed by atoms with Crippen molar-refractivity contribution in [3.05, 3.63) is 41.0 Å². The van der Waals surface area contributed by atoms with Crippen LogP contribution in [0.25, 0.3) is 0 Å². The molecule has 5 nitrogen and oxygen atoms in total. The van der Waals surface area contributed by atoms with Crippen molar-refractivity contribution in [2.45, 2.75) is 13.8 Å². The van der Waals surface area contributed by atoms with E-state index in [1.807, 2.05) is 30.9 Å².